The monoisotopic (exact) mass is 423 g/mol. The highest BCUT2D eigenvalue weighted by atomic mass is 35.5. The highest BCUT2D eigenvalue weighted by Gasteiger charge is 2.35. The van der Waals surface area contributed by atoms with Crippen molar-refractivity contribution in [3.8, 4) is 5.69 Å². The molecule has 1 aromatic carbocycles. The summed E-state index contributed by atoms with van der Waals surface area (Å²) in [7, 11) is 0. The van der Waals surface area contributed by atoms with Gasteiger partial charge in [-0.05, 0) is 73.1 Å². The van der Waals surface area contributed by atoms with Crippen molar-refractivity contribution in [3.63, 3.8) is 0 Å². The van der Waals surface area contributed by atoms with Gasteiger partial charge in [0, 0.05) is 22.6 Å². The first-order valence-electron chi connectivity index (χ1n) is 9.03. The quantitative estimate of drug-likeness (QED) is 0.528. The van der Waals surface area contributed by atoms with Crippen LogP contribution in [0.4, 0.5) is 4.79 Å². The van der Waals surface area contributed by atoms with Gasteiger partial charge in [0.25, 0.3) is 11.1 Å². The number of nitrogens with zero attached hydrogens (tertiary/aromatic N) is 3. The molecule has 0 bridgehead atoms. The van der Waals surface area contributed by atoms with Crippen LogP contribution in [0.25, 0.3) is 11.8 Å². The smallest absolute Gasteiger partial charge is 0.293 e. The molecule has 0 aliphatic carbocycles. The van der Waals surface area contributed by atoms with Crippen molar-refractivity contribution < 1.29 is 9.59 Å². The van der Waals surface area contributed by atoms with Crippen LogP contribution in [0.3, 0.4) is 0 Å². The molecule has 1 fully saturated rings. The summed E-state index contributed by atoms with van der Waals surface area (Å²) in [6.07, 6.45) is 5.32. The van der Waals surface area contributed by atoms with E-state index in [0.717, 1.165) is 40.0 Å². The van der Waals surface area contributed by atoms with Crippen molar-refractivity contribution in [2.45, 2.75) is 20.4 Å². The van der Waals surface area contributed by atoms with Crippen molar-refractivity contribution in [2.24, 2.45) is 0 Å². The van der Waals surface area contributed by atoms with Crippen molar-refractivity contribution >= 4 is 40.6 Å². The maximum atomic E-state index is 12.8. The topological polar surface area (TPSA) is 55.2 Å². The standard InChI is InChI=1S/C22H18ClN3O2S/c1-14-10-17(15(2)26(14)19-4-3-9-24-12-19)11-20-21(27)25(22(28)29-20)13-16-5-7-18(23)8-6-16/h3-12H,13H2,1-2H3/b20-11-. The number of rotatable bonds is 4. The first-order valence-corrected chi connectivity index (χ1v) is 10.2. The predicted molar refractivity (Wildman–Crippen MR) is 116 cm³/mol. The third kappa shape index (κ3) is 3.86. The van der Waals surface area contributed by atoms with Gasteiger partial charge < -0.3 is 4.57 Å². The minimum absolute atomic E-state index is 0.230. The number of aromatic nitrogens is 2. The number of hydrogen-bond donors (Lipinski definition) is 0. The largest absolute Gasteiger partial charge is 0.316 e. The molecule has 4 rings (SSSR count). The minimum atomic E-state index is -0.277. The van der Waals surface area contributed by atoms with Gasteiger partial charge in [-0.2, -0.15) is 0 Å². The van der Waals surface area contributed by atoms with Crippen LogP contribution in [-0.2, 0) is 11.3 Å². The van der Waals surface area contributed by atoms with E-state index in [0.29, 0.717) is 9.93 Å². The van der Waals surface area contributed by atoms with Gasteiger partial charge in [0.2, 0.25) is 0 Å². The lowest BCUT2D eigenvalue weighted by Crippen LogP contribution is -2.27. The van der Waals surface area contributed by atoms with Gasteiger partial charge in [-0.25, -0.2) is 0 Å². The summed E-state index contributed by atoms with van der Waals surface area (Å²) in [6, 6.07) is 13.0. The second-order valence-corrected chi connectivity index (χ2v) is 8.20. The molecule has 1 aliphatic rings. The molecule has 1 saturated heterocycles. The molecule has 3 aromatic rings. The summed E-state index contributed by atoms with van der Waals surface area (Å²) in [4.78, 5) is 31.1. The number of carbonyl (C=O) groups excluding carboxylic acids is 2. The van der Waals surface area contributed by atoms with Gasteiger partial charge >= 0.3 is 0 Å². The fraction of sp³-hybridized carbons (Fsp3) is 0.136. The lowest BCUT2D eigenvalue weighted by atomic mass is 10.2. The third-order valence-corrected chi connectivity index (χ3v) is 5.95. The molecule has 5 nitrogen and oxygen atoms in total. The van der Waals surface area contributed by atoms with Crippen LogP contribution >= 0.6 is 23.4 Å². The van der Waals surface area contributed by atoms with Crippen LogP contribution in [0.5, 0.6) is 0 Å². The van der Waals surface area contributed by atoms with Gasteiger partial charge in [-0.15, -0.1) is 0 Å². The number of halogens is 1. The number of imide groups is 1. The Hall–Kier alpha value is -2.83. The minimum Gasteiger partial charge on any atom is -0.316 e. The molecule has 0 spiro atoms. The number of amides is 2. The van der Waals surface area contributed by atoms with Gasteiger partial charge in [0.05, 0.1) is 23.3 Å². The number of thioether (sulfide) groups is 1. The van der Waals surface area contributed by atoms with E-state index in [1.807, 2.05) is 44.2 Å². The van der Waals surface area contributed by atoms with Crippen LogP contribution in [0.2, 0.25) is 5.02 Å². The average molecular weight is 424 g/mol. The molecule has 0 N–H and O–H groups in total. The van der Waals surface area contributed by atoms with Gasteiger partial charge in [-0.3, -0.25) is 19.5 Å². The SMILES string of the molecule is Cc1cc(/C=C2\SC(=O)N(Cc3ccc(Cl)cc3)C2=O)c(C)n1-c1cccnc1. The fourth-order valence-corrected chi connectivity index (χ4v) is 4.32. The molecule has 0 unspecified atom stereocenters. The Balaban J connectivity index is 1.62. The maximum absolute atomic E-state index is 12.8. The second-order valence-electron chi connectivity index (χ2n) is 6.77. The highest BCUT2D eigenvalue weighted by molar-refractivity contribution is 8.18. The Labute approximate surface area is 178 Å². The molecule has 1 aliphatic heterocycles. The van der Waals surface area contributed by atoms with Crippen LogP contribution in [0.15, 0.2) is 59.8 Å². The molecule has 0 saturated carbocycles. The van der Waals surface area contributed by atoms with E-state index in [1.165, 1.54) is 4.90 Å². The van der Waals surface area contributed by atoms with E-state index in [2.05, 4.69) is 9.55 Å². The van der Waals surface area contributed by atoms with Crippen molar-refractivity contribution in [1.82, 2.24) is 14.5 Å². The summed E-state index contributed by atoms with van der Waals surface area (Å²) in [5.74, 6) is -0.277. The zero-order valence-corrected chi connectivity index (χ0v) is 17.5. The van der Waals surface area contributed by atoms with Crippen molar-refractivity contribution in [2.75, 3.05) is 0 Å². The van der Waals surface area contributed by atoms with Crippen LogP contribution < -0.4 is 0 Å². The number of pyridine rings is 1. The summed E-state index contributed by atoms with van der Waals surface area (Å²) in [5, 5.41) is 0.351. The van der Waals surface area contributed by atoms with Gasteiger partial charge in [0.1, 0.15) is 0 Å². The van der Waals surface area contributed by atoms with E-state index >= 15 is 0 Å². The van der Waals surface area contributed by atoms with Crippen molar-refractivity contribution in [1.29, 1.82) is 0 Å². The number of aryl methyl sites for hydroxylation is 1. The van der Waals surface area contributed by atoms with E-state index in [4.69, 9.17) is 11.6 Å². The molecule has 146 valence electrons. The van der Waals surface area contributed by atoms with Crippen molar-refractivity contribution in [3.05, 3.63) is 87.3 Å². The maximum Gasteiger partial charge on any atom is 0.293 e. The highest BCUT2D eigenvalue weighted by Crippen LogP contribution is 2.34. The van der Waals surface area contributed by atoms with Crippen LogP contribution in [-0.4, -0.2) is 25.6 Å². The Morgan fingerprint density at radius 2 is 1.90 bits per heavy atom. The zero-order chi connectivity index (χ0) is 20.5. The van der Waals surface area contributed by atoms with E-state index < -0.39 is 0 Å². The molecule has 3 heterocycles. The second kappa shape index (κ2) is 7.89. The van der Waals surface area contributed by atoms with Gasteiger partial charge in [0.15, 0.2) is 0 Å². The van der Waals surface area contributed by atoms with E-state index in [-0.39, 0.29) is 17.7 Å². The molecule has 7 heteroatoms. The summed E-state index contributed by atoms with van der Waals surface area (Å²) >= 11 is 6.88. The van der Waals surface area contributed by atoms with E-state index in [1.54, 1.807) is 30.6 Å². The first kappa shape index (κ1) is 19.5. The Bertz CT molecular complexity index is 1120. The lowest BCUT2D eigenvalue weighted by molar-refractivity contribution is -0.123. The molecule has 0 atom stereocenters. The summed E-state index contributed by atoms with van der Waals surface area (Å²) < 4.78 is 2.08. The molecule has 2 amide bonds. The zero-order valence-electron chi connectivity index (χ0n) is 15.9. The number of carbonyl (C=O) groups is 2. The molecule has 2 aromatic heterocycles. The van der Waals surface area contributed by atoms with E-state index in [9.17, 15) is 9.59 Å². The predicted octanol–water partition coefficient (Wildman–Crippen LogP) is 5.38. The molecular formula is C22H18ClN3O2S. The Kier molecular flexibility index (Phi) is 5.30. The number of benzene rings is 1. The van der Waals surface area contributed by atoms with Crippen LogP contribution in [0, 0.1) is 13.8 Å². The molecule has 29 heavy (non-hydrogen) atoms. The summed E-state index contributed by atoms with van der Waals surface area (Å²) in [5.41, 5.74) is 4.73. The van der Waals surface area contributed by atoms with Crippen LogP contribution in [0.1, 0.15) is 22.5 Å². The lowest BCUT2D eigenvalue weighted by Gasteiger charge is -2.12. The normalized spacial score (nSPS) is 15.6. The average Bonchev–Trinajstić information content (AvgIpc) is 3.14. The summed E-state index contributed by atoms with van der Waals surface area (Å²) in [6.45, 7) is 4.22. The Morgan fingerprint density at radius 3 is 2.59 bits per heavy atom. The van der Waals surface area contributed by atoms with Gasteiger partial charge in [-0.1, -0.05) is 23.7 Å². The Morgan fingerprint density at radius 1 is 1.14 bits per heavy atom. The third-order valence-electron chi connectivity index (χ3n) is 4.79. The molecular weight excluding hydrogens is 406 g/mol. The number of hydrogen-bond acceptors (Lipinski definition) is 4. The molecule has 0 radical (unpaired) electrons. The first-order chi connectivity index (χ1) is 13.9. The fourth-order valence-electron chi connectivity index (χ4n) is 3.37.